The van der Waals surface area contributed by atoms with Crippen LogP contribution in [0.15, 0.2) is 52.1 Å². The highest BCUT2D eigenvalue weighted by atomic mass is 35.5. The number of fused-ring (bicyclic) bond motifs is 1. The van der Waals surface area contributed by atoms with Crippen LogP contribution in [0.25, 0.3) is 11.1 Å². The number of hydrogen-bond donors (Lipinski definition) is 1. The van der Waals surface area contributed by atoms with Crippen molar-refractivity contribution in [3.8, 4) is 6.07 Å². The molecule has 3 rings (SSSR count). The van der Waals surface area contributed by atoms with E-state index in [0.717, 1.165) is 5.52 Å². The van der Waals surface area contributed by atoms with Gasteiger partial charge in [0.05, 0.1) is 17.0 Å². The highest BCUT2D eigenvalue weighted by Crippen LogP contribution is 2.24. The summed E-state index contributed by atoms with van der Waals surface area (Å²) in [7, 11) is 0. The van der Waals surface area contributed by atoms with Crippen LogP contribution >= 0.6 is 23.4 Å². The standard InChI is InChI=1S/C16H10ClN3O2S/c17-11-6-5-10(8-18)13(7-11)19-15(21)9-23-16-20-12-3-1-2-4-14(12)22-16/h1-7H,9H2,(H,19,21). The van der Waals surface area contributed by atoms with Gasteiger partial charge in [-0.25, -0.2) is 4.98 Å². The zero-order valence-corrected chi connectivity index (χ0v) is 13.3. The van der Waals surface area contributed by atoms with Crippen LogP contribution in [0.5, 0.6) is 0 Å². The average molecular weight is 344 g/mol. The molecule has 114 valence electrons. The normalized spacial score (nSPS) is 10.4. The molecule has 1 N–H and O–H groups in total. The maximum Gasteiger partial charge on any atom is 0.257 e. The number of carbonyl (C=O) groups is 1. The number of benzene rings is 2. The van der Waals surface area contributed by atoms with Crippen molar-refractivity contribution in [2.75, 3.05) is 11.1 Å². The molecule has 0 unspecified atom stereocenters. The molecule has 0 aliphatic heterocycles. The molecule has 0 aliphatic rings. The minimum absolute atomic E-state index is 0.115. The number of nitrogens with one attached hydrogen (secondary N) is 1. The molecule has 0 radical (unpaired) electrons. The fourth-order valence-electron chi connectivity index (χ4n) is 1.94. The highest BCUT2D eigenvalue weighted by molar-refractivity contribution is 7.99. The Kier molecular flexibility index (Phi) is 4.51. The summed E-state index contributed by atoms with van der Waals surface area (Å²) in [4.78, 5) is 16.3. The van der Waals surface area contributed by atoms with Crippen LogP contribution < -0.4 is 5.32 Å². The molecule has 7 heteroatoms. The number of rotatable bonds is 4. The Morgan fingerprint density at radius 1 is 1.35 bits per heavy atom. The Labute approximate surface area is 141 Å². The molecule has 0 spiro atoms. The van der Waals surface area contributed by atoms with E-state index in [9.17, 15) is 4.79 Å². The zero-order chi connectivity index (χ0) is 16.2. The summed E-state index contributed by atoms with van der Waals surface area (Å²) in [5.74, 6) is -0.152. The van der Waals surface area contributed by atoms with Crippen molar-refractivity contribution in [3.05, 3.63) is 53.1 Å². The summed E-state index contributed by atoms with van der Waals surface area (Å²) < 4.78 is 5.53. The summed E-state index contributed by atoms with van der Waals surface area (Å²) in [5, 5.41) is 12.6. The van der Waals surface area contributed by atoms with Crippen LogP contribution in [-0.4, -0.2) is 16.6 Å². The first-order valence-corrected chi connectivity index (χ1v) is 8.00. The van der Waals surface area contributed by atoms with Crippen LogP contribution in [0.2, 0.25) is 5.02 Å². The Hall–Kier alpha value is -2.49. The maximum atomic E-state index is 12.0. The van der Waals surface area contributed by atoms with Gasteiger partial charge in [-0.05, 0) is 30.3 Å². The van der Waals surface area contributed by atoms with Crippen LogP contribution in [0, 0.1) is 11.3 Å². The lowest BCUT2D eigenvalue weighted by atomic mass is 10.2. The van der Waals surface area contributed by atoms with E-state index in [1.54, 1.807) is 18.2 Å². The number of nitrogens with zero attached hydrogens (tertiary/aromatic N) is 2. The molecule has 0 saturated carbocycles. The van der Waals surface area contributed by atoms with E-state index >= 15 is 0 Å². The number of amides is 1. The van der Waals surface area contributed by atoms with E-state index in [1.807, 2.05) is 30.3 Å². The molecule has 0 atom stereocenters. The molecule has 3 aromatic rings. The second kappa shape index (κ2) is 6.73. The first-order valence-electron chi connectivity index (χ1n) is 6.63. The number of oxazole rings is 1. The number of hydrogen-bond acceptors (Lipinski definition) is 5. The molecule has 2 aromatic carbocycles. The van der Waals surface area contributed by atoms with Crippen LogP contribution in [-0.2, 0) is 4.79 Å². The third kappa shape index (κ3) is 3.65. The quantitative estimate of drug-likeness (QED) is 0.722. The van der Waals surface area contributed by atoms with Crippen molar-refractivity contribution >= 4 is 46.1 Å². The molecule has 23 heavy (non-hydrogen) atoms. The van der Waals surface area contributed by atoms with Gasteiger partial charge in [0.2, 0.25) is 5.91 Å². The molecule has 1 aromatic heterocycles. The summed E-state index contributed by atoms with van der Waals surface area (Å²) >= 11 is 7.07. The van der Waals surface area contributed by atoms with Gasteiger partial charge < -0.3 is 9.73 Å². The average Bonchev–Trinajstić information content (AvgIpc) is 2.96. The Morgan fingerprint density at radius 2 is 2.17 bits per heavy atom. The van der Waals surface area contributed by atoms with Gasteiger partial charge in [-0.1, -0.05) is 35.5 Å². The minimum Gasteiger partial charge on any atom is -0.431 e. The van der Waals surface area contributed by atoms with E-state index in [1.165, 1.54) is 11.8 Å². The van der Waals surface area contributed by atoms with Crippen molar-refractivity contribution in [2.24, 2.45) is 0 Å². The van der Waals surface area contributed by atoms with E-state index in [2.05, 4.69) is 10.3 Å². The molecule has 0 fully saturated rings. The number of anilines is 1. The Bertz CT molecular complexity index is 884. The topological polar surface area (TPSA) is 78.9 Å². The van der Waals surface area contributed by atoms with E-state index in [-0.39, 0.29) is 11.7 Å². The fourth-order valence-corrected chi connectivity index (χ4v) is 2.75. The highest BCUT2D eigenvalue weighted by Gasteiger charge is 2.11. The fraction of sp³-hybridized carbons (Fsp3) is 0.0625. The third-order valence-corrected chi connectivity index (χ3v) is 4.04. The first-order chi connectivity index (χ1) is 11.2. The maximum absolute atomic E-state index is 12.0. The molecule has 0 saturated heterocycles. The van der Waals surface area contributed by atoms with Gasteiger partial charge in [-0.3, -0.25) is 4.79 Å². The number of halogens is 1. The lowest BCUT2D eigenvalue weighted by Crippen LogP contribution is -2.14. The van der Waals surface area contributed by atoms with E-state index in [4.69, 9.17) is 21.3 Å². The molecule has 5 nitrogen and oxygen atoms in total. The van der Waals surface area contributed by atoms with Gasteiger partial charge in [0, 0.05) is 5.02 Å². The number of nitriles is 1. The van der Waals surface area contributed by atoms with Gasteiger partial charge in [0.1, 0.15) is 11.6 Å². The number of thioether (sulfide) groups is 1. The Balaban J connectivity index is 1.66. The Morgan fingerprint density at radius 3 is 2.96 bits per heavy atom. The van der Waals surface area contributed by atoms with Crippen LogP contribution in [0.4, 0.5) is 5.69 Å². The van der Waals surface area contributed by atoms with Gasteiger partial charge in [-0.2, -0.15) is 5.26 Å². The summed E-state index contributed by atoms with van der Waals surface area (Å²) in [6.45, 7) is 0. The number of carbonyl (C=O) groups excluding carboxylic acids is 1. The largest absolute Gasteiger partial charge is 0.431 e. The number of para-hydroxylation sites is 2. The summed E-state index contributed by atoms with van der Waals surface area (Å²) in [6.07, 6.45) is 0. The first kappa shape index (κ1) is 15.4. The van der Waals surface area contributed by atoms with Crippen molar-refractivity contribution in [2.45, 2.75) is 5.22 Å². The van der Waals surface area contributed by atoms with Crippen molar-refractivity contribution in [1.82, 2.24) is 4.98 Å². The second-order valence-electron chi connectivity index (χ2n) is 4.59. The molecule has 0 aliphatic carbocycles. The zero-order valence-electron chi connectivity index (χ0n) is 11.7. The van der Waals surface area contributed by atoms with E-state index < -0.39 is 0 Å². The van der Waals surface area contributed by atoms with Crippen molar-refractivity contribution < 1.29 is 9.21 Å². The predicted octanol–water partition coefficient (Wildman–Crippen LogP) is 4.08. The van der Waals surface area contributed by atoms with Gasteiger partial charge in [0.15, 0.2) is 5.58 Å². The van der Waals surface area contributed by atoms with Gasteiger partial charge >= 0.3 is 0 Å². The van der Waals surface area contributed by atoms with Crippen molar-refractivity contribution in [3.63, 3.8) is 0 Å². The molecular formula is C16H10ClN3O2S. The predicted molar refractivity (Wildman–Crippen MR) is 89.5 cm³/mol. The smallest absolute Gasteiger partial charge is 0.257 e. The summed E-state index contributed by atoms with van der Waals surface area (Å²) in [6, 6.07) is 14.1. The lowest BCUT2D eigenvalue weighted by molar-refractivity contribution is -0.113. The molecule has 1 heterocycles. The van der Waals surface area contributed by atoms with Crippen LogP contribution in [0.1, 0.15) is 5.56 Å². The molecule has 1 amide bonds. The number of aromatic nitrogens is 1. The second-order valence-corrected chi connectivity index (χ2v) is 5.95. The molecular weight excluding hydrogens is 334 g/mol. The van der Waals surface area contributed by atoms with E-state index in [0.29, 0.717) is 27.1 Å². The SMILES string of the molecule is N#Cc1ccc(Cl)cc1NC(=O)CSc1nc2ccccc2o1. The summed E-state index contributed by atoms with van der Waals surface area (Å²) in [5.41, 5.74) is 2.17. The third-order valence-electron chi connectivity index (χ3n) is 2.98. The van der Waals surface area contributed by atoms with Gasteiger partial charge in [0.25, 0.3) is 5.22 Å². The van der Waals surface area contributed by atoms with Crippen molar-refractivity contribution in [1.29, 1.82) is 5.26 Å². The van der Waals surface area contributed by atoms with Crippen LogP contribution in [0.3, 0.4) is 0 Å². The minimum atomic E-state index is -0.268. The lowest BCUT2D eigenvalue weighted by Gasteiger charge is -2.06. The molecule has 0 bridgehead atoms. The van der Waals surface area contributed by atoms with Gasteiger partial charge in [-0.15, -0.1) is 0 Å². The monoisotopic (exact) mass is 343 g/mol.